The molecule has 5 nitrogen and oxygen atoms in total. The Morgan fingerprint density at radius 1 is 0.800 bits per heavy atom. The molecule has 30 heavy (non-hydrogen) atoms. The van der Waals surface area contributed by atoms with Crippen LogP contribution in [0.3, 0.4) is 0 Å². The molecule has 0 atom stereocenters. The molecule has 0 aliphatic carbocycles. The molecule has 0 spiro atoms. The van der Waals surface area contributed by atoms with Crippen molar-refractivity contribution in [2.24, 2.45) is 0 Å². The van der Waals surface area contributed by atoms with Crippen molar-refractivity contribution in [2.75, 3.05) is 21.3 Å². The number of carbonyl (C=O) groups is 1. The van der Waals surface area contributed by atoms with E-state index in [0.29, 0.717) is 23.6 Å². The summed E-state index contributed by atoms with van der Waals surface area (Å²) in [5.74, 6) is 2.09. The number of fused-ring (bicyclic) bond motifs is 1. The van der Waals surface area contributed by atoms with Gasteiger partial charge in [-0.15, -0.1) is 0 Å². The van der Waals surface area contributed by atoms with E-state index in [1.165, 1.54) is 0 Å². The van der Waals surface area contributed by atoms with Crippen molar-refractivity contribution in [3.63, 3.8) is 0 Å². The molecule has 1 aliphatic heterocycles. The first-order chi connectivity index (χ1) is 14.6. The van der Waals surface area contributed by atoms with Crippen LogP contribution in [-0.4, -0.2) is 32.1 Å². The molecule has 152 valence electrons. The Hall–Kier alpha value is -3.73. The molecule has 0 saturated carbocycles. The van der Waals surface area contributed by atoms with Gasteiger partial charge in [0.1, 0.15) is 5.75 Å². The number of carbonyl (C=O) groups excluding carboxylic acids is 1. The van der Waals surface area contributed by atoms with Gasteiger partial charge in [0.2, 0.25) is 0 Å². The van der Waals surface area contributed by atoms with Gasteiger partial charge in [-0.25, -0.2) is 0 Å². The molecule has 1 amide bonds. The minimum absolute atomic E-state index is 0.00635. The van der Waals surface area contributed by atoms with E-state index < -0.39 is 0 Å². The van der Waals surface area contributed by atoms with Gasteiger partial charge in [0, 0.05) is 11.1 Å². The molecule has 0 bridgehead atoms. The lowest BCUT2D eigenvalue weighted by Gasteiger charge is -2.19. The third kappa shape index (κ3) is 3.62. The first kappa shape index (κ1) is 19.6. The maximum atomic E-state index is 13.2. The molecule has 3 aromatic carbocycles. The van der Waals surface area contributed by atoms with Gasteiger partial charge >= 0.3 is 0 Å². The topological polar surface area (TPSA) is 48.0 Å². The number of amides is 1. The highest BCUT2D eigenvalue weighted by Gasteiger charge is 2.31. The summed E-state index contributed by atoms with van der Waals surface area (Å²) in [5.41, 5.74) is 4.43. The van der Waals surface area contributed by atoms with Crippen molar-refractivity contribution in [2.45, 2.75) is 6.54 Å². The summed E-state index contributed by atoms with van der Waals surface area (Å²) in [6.07, 6.45) is 2.01. The lowest BCUT2D eigenvalue weighted by Crippen LogP contribution is -2.22. The van der Waals surface area contributed by atoms with Gasteiger partial charge < -0.3 is 19.1 Å². The highest BCUT2D eigenvalue weighted by Crippen LogP contribution is 2.37. The second-order valence-corrected chi connectivity index (χ2v) is 6.93. The first-order valence-electron chi connectivity index (χ1n) is 9.62. The second-order valence-electron chi connectivity index (χ2n) is 6.93. The van der Waals surface area contributed by atoms with Crippen LogP contribution >= 0.6 is 0 Å². The van der Waals surface area contributed by atoms with Gasteiger partial charge in [0.15, 0.2) is 11.5 Å². The molecular weight excluding hydrogens is 378 g/mol. The predicted octanol–water partition coefficient (Wildman–Crippen LogP) is 4.87. The van der Waals surface area contributed by atoms with E-state index in [9.17, 15) is 4.79 Å². The summed E-state index contributed by atoms with van der Waals surface area (Å²) >= 11 is 0. The predicted molar refractivity (Wildman–Crippen MR) is 117 cm³/mol. The fourth-order valence-corrected chi connectivity index (χ4v) is 3.62. The zero-order valence-corrected chi connectivity index (χ0v) is 17.2. The summed E-state index contributed by atoms with van der Waals surface area (Å²) in [4.78, 5) is 15.0. The van der Waals surface area contributed by atoms with Crippen molar-refractivity contribution in [1.29, 1.82) is 0 Å². The number of ether oxygens (including phenoxy) is 3. The van der Waals surface area contributed by atoms with Crippen LogP contribution in [0, 0.1) is 0 Å². The molecule has 5 heteroatoms. The Labute approximate surface area is 176 Å². The van der Waals surface area contributed by atoms with E-state index in [-0.39, 0.29) is 5.91 Å². The van der Waals surface area contributed by atoms with Crippen LogP contribution in [0.15, 0.2) is 66.7 Å². The van der Waals surface area contributed by atoms with Crippen LogP contribution in [0.1, 0.15) is 27.0 Å². The number of methoxy groups -OCH3 is 3. The average Bonchev–Trinajstić information content (AvgIpc) is 3.05. The van der Waals surface area contributed by atoms with Crippen LogP contribution in [-0.2, 0) is 6.54 Å². The molecule has 0 unspecified atom stereocenters. The van der Waals surface area contributed by atoms with E-state index in [1.54, 1.807) is 21.3 Å². The Kier molecular flexibility index (Phi) is 5.44. The molecule has 0 fully saturated rings. The SMILES string of the molecule is COc1ccc(CN2C(=O)c3ccccc3/C2=C\c2ccc(OC)c(OC)c2)cc1. The monoisotopic (exact) mass is 401 g/mol. The summed E-state index contributed by atoms with van der Waals surface area (Å²) in [5, 5.41) is 0. The fraction of sp³-hybridized carbons (Fsp3) is 0.160. The Morgan fingerprint density at radius 2 is 1.50 bits per heavy atom. The average molecular weight is 401 g/mol. The van der Waals surface area contributed by atoms with E-state index in [2.05, 4.69) is 0 Å². The Morgan fingerprint density at radius 3 is 2.17 bits per heavy atom. The standard InChI is InChI=1S/C25H23NO4/c1-28-19-11-8-17(9-12-19)16-26-22(20-6-4-5-7-21(20)25(26)27)14-18-10-13-23(29-2)24(15-18)30-3/h4-15H,16H2,1-3H3/b22-14+. The Balaban J connectivity index is 1.75. The number of hydrogen-bond acceptors (Lipinski definition) is 4. The van der Waals surface area contributed by atoms with Gasteiger partial charge in [-0.1, -0.05) is 36.4 Å². The van der Waals surface area contributed by atoms with Crippen molar-refractivity contribution >= 4 is 17.7 Å². The van der Waals surface area contributed by atoms with Crippen LogP contribution in [0.5, 0.6) is 17.2 Å². The molecule has 0 radical (unpaired) electrons. The smallest absolute Gasteiger partial charge is 0.259 e. The van der Waals surface area contributed by atoms with Gasteiger partial charge in [0.25, 0.3) is 5.91 Å². The highest BCUT2D eigenvalue weighted by atomic mass is 16.5. The minimum atomic E-state index is -0.00635. The number of hydrogen-bond donors (Lipinski definition) is 0. The fourth-order valence-electron chi connectivity index (χ4n) is 3.62. The van der Waals surface area contributed by atoms with Gasteiger partial charge in [0.05, 0.1) is 33.6 Å². The highest BCUT2D eigenvalue weighted by molar-refractivity contribution is 6.11. The second kappa shape index (κ2) is 8.33. The number of benzene rings is 3. The van der Waals surface area contributed by atoms with E-state index >= 15 is 0 Å². The normalized spacial score (nSPS) is 14.0. The van der Waals surface area contributed by atoms with Crippen molar-refractivity contribution in [1.82, 2.24) is 4.90 Å². The maximum Gasteiger partial charge on any atom is 0.259 e. The van der Waals surface area contributed by atoms with E-state index in [0.717, 1.165) is 28.1 Å². The van der Waals surface area contributed by atoms with Gasteiger partial charge in [-0.3, -0.25) is 4.79 Å². The molecule has 0 N–H and O–H groups in total. The third-order valence-electron chi connectivity index (χ3n) is 5.18. The summed E-state index contributed by atoms with van der Waals surface area (Å²) in [6.45, 7) is 0.469. The molecule has 3 aromatic rings. The van der Waals surface area contributed by atoms with Crippen LogP contribution in [0.4, 0.5) is 0 Å². The number of nitrogens with zero attached hydrogens (tertiary/aromatic N) is 1. The largest absolute Gasteiger partial charge is 0.497 e. The lowest BCUT2D eigenvalue weighted by molar-refractivity contribution is 0.0843. The molecule has 4 rings (SSSR count). The van der Waals surface area contributed by atoms with E-state index in [1.807, 2.05) is 77.7 Å². The van der Waals surface area contributed by atoms with Crippen LogP contribution < -0.4 is 14.2 Å². The zero-order valence-electron chi connectivity index (χ0n) is 17.2. The third-order valence-corrected chi connectivity index (χ3v) is 5.18. The molecular formula is C25H23NO4. The van der Waals surface area contributed by atoms with Gasteiger partial charge in [-0.05, 0) is 47.5 Å². The van der Waals surface area contributed by atoms with E-state index in [4.69, 9.17) is 14.2 Å². The lowest BCUT2D eigenvalue weighted by atomic mass is 10.1. The molecule has 0 aromatic heterocycles. The molecule has 1 heterocycles. The summed E-state index contributed by atoms with van der Waals surface area (Å²) < 4.78 is 16.0. The van der Waals surface area contributed by atoms with Crippen LogP contribution in [0.2, 0.25) is 0 Å². The Bertz CT molecular complexity index is 1100. The van der Waals surface area contributed by atoms with Crippen molar-refractivity contribution in [3.8, 4) is 17.2 Å². The summed E-state index contributed by atoms with van der Waals surface area (Å²) in [6, 6.07) is 21.2. The number of rotatable bonds is 6. The zero-order chi connectivity index (χ0) is 21.1. The van der Waals surface area contributed by atoms with Crippen molar-refractivity contribution < 1.29 is 19.0 Å². The van der Waals surface area contributed by atoms with Crippen molar-refractivity contribution in [3.05, 3.63) is 89.0 Å². The van der Waals surface area contributed by atoms with Gasteiger partial charge in [-0.2, -0.15) is 0 Å². The maximum absolute atomic E-state index is 13.2. The quantitative estimate of drug-likeness (QED) is 0.591. The minimum Gasteiger partial charge on any atom is -0.497 e. The van der Waals surface area contributed by atoms with Crippen LogP contribution in [0.25, 0.3) is 11.8 Å². The first-order valence-corrected chi connectivity index (χ1v) is 9.62. The molecule has 0 saturated heterocycles. The molecule has 1 aliphatic rings. The summed E-state index contributed by atoms with van der Waals surface area (Å²) in [7, 11) is 4.86.